The van der Waals surface area contributed by atoms with Crippen LogP contribution in [-0.4, -0.2) is 28.8 Å². The maximum Gasteiger partial charge on any atom is 0.319 e. The van der Waals surface area contributed by atoms with Gasteiger partial charge in [0.1, 0.15) is 5.82 Å². The number of pyridine rings is 1. The van der Waals surface area contributed by atoms with E-state index in [1.165, 1.54) is 12.5 Å². The quantitative estimate of drug-likeness (QED) is 0.454. The lowest BCUT2D eigenvalue weighted by atomic mass is 9.91. The minimum atomic E-state index is -0.572. The van der Waals surface area contributed by atoms with Gasteiger partial charge in [0.05, 0.1) is 17.3 Å². The topological polar surface area (TPSA) is 74.2 Å². The second-order valence-electron chi connectivity index (χ2n) is 8.14. The fraction of sp³-hybridized carbons (Fsp3) is 0.308. The van der Waals surface area contributed by atoms with Crippen LogP contribution in [0, 0.1) is 5.82 Å². The smallest absolute Gasteiger partial charge is 0.319 e. The summed E-state index contributed by atoms with van der Waals surface area (Å²) in [7, 11) is 0. The van der Waals surface area contributed by atoms with E-state index in [9.17, 15) is 14.3 Å². The number of urea groups is 1. The van der Waals surface area contributed by atoms with Gasteiger partial charge in [0.25, 0.3) is 0 Å². The minimum Gasteiger partial charge on any atom is -0.391 e. The first-order valence-corrected chi connectivity index (χ1v) is 11.2. The Kier molecular flexibility index (Phi) is 6.81. The maximum absolute atomic E-state index is 14.7. The van der Waals surface area contributed by atoms with Crippen molar-refractivity contribution in [3.05, 3.63) is 66.1 Å². The van der Waals surface area contributed by atoms with E-state index in [2.05, 4.69) is 16.7 Å². The van der Waals surface area contributed by atoms with Gasteiger partial charge in [-0.05, 0) is 68.0 Å². The second kappa shape index (κ2) is 9.92. The molecule has 4 rings (SSSR count). The number of allylic oxidation sites excluding steroid dienone is 2. The third kappa shape index (κ3) is 4.97. The van der Waals surface area contributed by atoms with Gasteiger partial charge < -0.3 is 15.7 Å². The molecular formula is C26H28FN3O2. The third-order valence-electron chi connectivity index (χ3n) is 5.80. The molecule has 5 nitrogen and oxygen atoms in total. The van der Waals surface area contributed by atoms with Crippen LogP contribution in [0.25, 0.3) is 27.6 Å². The van der Waals surface area contributed by atoms with E-state index in [4.69, 9.17) is 4.98 Å². The van der Waals surface area contributed by atoms with Gasteiger partial charge in [-0.3, -0.25) is 0 Å². The molecule has 32 heavy (non-hydrogen) atoms. The number of fused-ring (bicyclic) bond motifs is 1. The zero-order valence-corrected chi connectivity index (χ0v) is 18.2. The van der Waals surface area contributed by atoms with Gasteiger partial charge in [-0.25, -0.2) is 14.2 Å². The average molecular weight is 434 g/mol. The van der Waals surface area contributed by atoms with Crippen molar-refractivity contribution in [3.8, 4) is 11.1 Å². The number of amides is 2. The van der Waals surface area contributed by atoms with Crippen LogP contribution >= 0.6 is 0 Å². The van der Waals surface area contributed by atoms with Gasteiger partial charge in [-0.1, -0.05) is 31.2 Å². The molecule has 1 unspecified atom stereocenters. The zero-order chi connectivity index (χ0) is 22.5. The molecule has 0 saturated carbocycles. The molecule has 0 spiro atoms. The van der Waals surface area contributed by atoms with Crippen LogP contribution < -0.4 is 10.6 Å². The maximum atomic E-state index is 14.7. The number of benzene rings is 2. The predicted octanol–water partition coefficient (Wildman–Crippen LogP) is 5.89. The van der Waals surface area contributed by atoms with E-state index in [0.717, 1.165) is 47.0 Å². The molecule has 0 fully saturated rings. The Morgan fingerprint density at radius 1 is 1.16 bits per heavy atom. The molecule has 3 aromatic rings. The molecule has 1 atom stereocenters. The number of nitrogens with zero attached hydrogens (tertiary/aromatic N) is 1. The zero-order valence-electron chi connectivity index (χ0n) is 18.2. The summed E-state index contributed by atoms with van der Waals surface area (Å²) in [5.74, 6) is -0.283. The molecule has 166 valence electrons. The van der Waals surface area contributed by atoms with Crippen LogP contribution in [0.3, 0.4) is 0 Å². The lowest BCUT2D eigenvalue weighted by molar-refractivity contribution is 0.168. The lowest BCUT2D eigenvalue weighted by Crippen LogP contribution is -2.34. The Morgan fingerprint density at radius 2 is 2.00 bits per heavy atom. The molecule has 1 aliphatic carbocycles. The summed E-state index contributed by atoms with van der Waals surface area (Å²) in [6, 6.07) is 13.8. The molecule has 0 radical (unpaired) electrons. The van der Waals surface area contributed by atoms with Crippen LogP contribution in [0.1, 0.15) is 44.7 Å². The van der Waals surface area contributed by atoms with Crippen LogP contribution in [0.2, 0.25) is 0 Å². The second-order valence-corrected chi connectivity index (χ2v) is 8.14. The van der Waals surface area contributed by atoms with Crippen LogP contribution in [0.5, 0.6) is 0 Å². The molecule has 2 aromatic carbocycles. The van der Waals surface area contributed by atoms with Crippen molar-refractivity contribution in [2.75, 3.05) is 11.9 Å². The van der Waals surface area contributed by atoms with Gasteiger partial charge in [0.15, 0.2) is 0 Å². The number of aromatic nitrogens is 1. The highest BCUT2D eigenvalue weighted by molar-refractivity contribution is 5.95. The van der Waals surface area contributed by atoms with E-state index in [1.807, 2.05) is 31.2 Å². The fourth-order valence-electron chi connectivity index (χ4n) is 3.97. The summed E-state index contributed by atoms with van der Waals surface area (Å²) >= 11 is 0. The Hall–Kier alpha value is -3.25. The number of carbonyl (C=O) groups excluding carboxylic acids is 1. The van der Waals surface area contributed by atoms with E-state index < -0.39 is 6.10 Å². The number of carbonyl (C=O) groups is 1. The van der Waals surface area contributed by atoms with E-state index in [-0.39, 0.29) is 18.4 Å². The molecule has 0 bridgehead atoms. The van der Waals surface area contributed by atoms with Crippen molar-refractivity contribution in [3.63, 3.8) is 0 Å². The molecule has 1 aliphatic rings. The molecule has 2 amide bonds. The Balaban J connectivity index is 1.71. The first kappa shape index (κ1) is 22.0. The van der Waals surface area contributed by atoms with Gasteiger partial charge in [-0.2, -0.15) is 0 Å². The number of halogens is 1. The number of aliphatic hydroxyl groups is 1. The summed E-state index contributed by atoms with van der Waals surface area (Å²) in [5, 5.41) is 15.9. The van der Waals surface area contributed by atoms with Crippen LogP contribution in [-0.2, 0) is 0 Å². The average Bonchev–Trinajstić information content (AvgIpc) is 2.82. The molecule has 0 aliphatic heterocycles. The standard InChI is InChI=1S/C26H28FN3O2/c1-2-20(31)16-28-26(32)29-19-12-13-24-18(14-19)15-22(21-10-6-7-11-23(21)27)25(30-24)17-8-4-3-5-9-17/h6-8,10-15,20,31H,2-5,9,16H2,1H3,(H2,28,29,32). The molecule has 3 N–H and O–H groups in total. The Labute approximate surface area is 187 Å². The van der Waals surface area contributed by atoms with Crippen molar-refractivity contribution < 1.29 is 14.3 Å². The number of hydrogen-bond donors (Lipinski definition) is 3. The monoisotopic (exact) mass is 433 g/mol. The predicted molar refractivity (Wildman–Crippen MR) is 127 cm³/mol. The number of rotatable bonds is 6. The van der Waals surface area contributed by atoms with Crippen molar-refractivity contribution >= 4 is 28.2 Å². The summed E-state index contributed by atoms with van der Waals surface area (Å²) in [6.07, 6.45) is 6.43. The first-order valence-electron chi connectivity index (χ1n) is 11.2. The third-order valence-corrected chi connectivity index (χ3v) is 5.80. The molecule has 1 aromatic heterocycles. The summed E-state index contributed by atoms with van der Waals surface area (Å²) in [5.41, 5.74) is 4.66. The van der Waals surface area contributed by atoms with Crippen LogP contribution in [0.15, 0.2) is 54.6 Å². The van der Waals surface area contributed by atoms with Crippen molar-refractivity contribution in [1.29, 1.82) is 0 Å². The summed E-state index contributed by atoms with van der Waals surface area (Å²) in [6.45, 7) is 2.04. The summed E-state index contributed by atoms with van der Waals surface area (Å²) in [4.78, 5) is 17.1. The highest BCUT2D eigenvalue weighted by Crippen LogP contribution is 2.36. The fourth-order valence-corrected chi connectivity index (χ4v) is 3.97. The largest absolute Gasteiger partial charge is 0.391 e. The van der Waals surface area contributed by atoms with E-state index in [0.29, 0.717) is 17.7 Å². The van der Waals surface area contributed by atoms with Gasteiger partial charge >= 0.3 is 6.03 Å². The van der Waals surface area contributed by atoms with Gasteiger partial charge in [-0.15, -0.1) is 0 Å². The lowest BCUT2D eigenvalue weighted by Gasteiger charge is -2.18. The molecule has 0 saturated heterocycles. The van der Waals surface area contributed by atoms with Crippen molar-refractivity contribution in [2.45, 2.75) is 45.1 Å². The van der Waals surface area contributed by atoms with Crippen LogP contribution in [0.4, 0.5) is 14.9 Å². The molecular weight excluding hydrogens is 405 g/mol. The van der Waals surface area contributed by atoms with Gasteiger partial charge in [0.2, 0.25) is 0 Å². The number of hydrogen-bond acceptors (Lipinski definition) is 3. The van der Waals surface area contributed by atoms with Crippen molar-refractivity contribution in [1.82, 2.24) is 10.3 Å². The Morgan fingerprint density at radius 3 is 2.75 bits per heavy atom. The normalized spacial score (nSPS) is 14.7. The minimum absolute atomic E-state index is 0.188. The highest BCUT2D eigenvalue weighted by atomic mass is 19.1. The first-order chi connectivity index (χ1) is 15.5. The molecule has 1 heterocycles. The number of nitrogens with one attached hydrogen (secondary N) is 2. The highest BCUT2D eigenvalue weighted by Gasteiger charge is 2.17. The number of aliphatic hydroxyl groups excluding tert-OH is 1. The molecule has 6 heteroatoms. The SMILES string of the molecule is CCC(O)CNC(=O)Nc1ccc2nc(C3=CCCCC3)c(-c3ccccc3F)cc2c1. The van der Waals surface area contributed by atoms with E-state index >= 15 is 0 Å². The van der Waals surface area contributed by atoms with Gasteiger partial charge in [0, 0.05) is 28.7 Å². The summed E-state index contributed by atoms with van der Waals surface area (Å²) < 4.78 is 14.7. The van der Waals surface area contributed by atoms with E-state index in [1.54, 1.807) is 18.2 Å². The van der Waals surface area contributed by atoms with Crippen molar-refractivity contribution in [2.24, 2.45) is 0 Å². The Bertz CT molecular complexity index is 1160. The number of anilines is 1.